The summed E-state index contributed by atoms with van der Waals surface area (Å²) in [4.78, 5) is 3.80. The zero-order valence-electron chi connectivity index (χ0n) is 18.5. The molecule has 0 aliphatic carbocycles. The Balaban J connectivity index is 2.28. The van der Waals surface area contributed by atoms with Crippen LogP contribution in [0.25, 0.3) is 0 Å². The van der Waals surface area contributed by atoms with Crippen LogP contribution in [0.1, 0.15) is 0 Å². The lowest BCUT2D eigenvalue weighted by Crippen LogP contribution is -2.68. The number of halogens is 1. The molecule has 1 aliphatic rings. The van der Waals surface area contributed by atoms with Gasteiger partial charge in [0.2, 0.25) is 26.0 Å². The van der Waals surface area contributed by atoms with Gasteiger partial charge < -0.3 is 10.6 Å². The summed E-state index contributed by atoms with van der Waals surface area (Å²) in [5.41, 5.74) is -2.21. The minimum Gasteiger partial charge on any atom is -0.355 e. The highest BCUT2D eigenvalue weighted by Crippen LogP contribution is 2.35. The number of rotatable bonds is 8. The lowest BCUT2D eigenvalue weighted by atomic mass is 10.1. The van der Waals surface area contributed by atoms with Crippen LogP contribution in [0.15, 0.2) is 77.7 Å². The first-order chi connectivity index (χ1) is 16.1. The third-order valence-electron chi connectivity index (χ3n) is 4.74. The molecule has 0 bridgehead atoms. The van der Waals surface area contributed by atoms with E-state index in [1.807, 2.05) is 0 Å². The molecule has 190 valence electrons. The van der Waals surface area contributed by atoms with Crippen LogP contribution in [0.5, 0.6) is 0 Å². The van der Waals surface area contributed by atoms with E-state index < -0.39 is 54.2 Å². The van der Waals surface area contributed by atoms with E-state index in [0.29, 0.717) is 24.4 Å². The second kappa shape index (κ2) is 9.54. The van der Waals surface area contributed by atoms with Crippen LogP contribution in [0.3, 0.4) is 0 Å². The summed E-state index contributed by atoms with van der Waals surface area (Å²) in [6.45, 7) is -1.24. The maximum Gasteiger partial charge on any atom is 0.303 e. The van der Waals surface area contributed by atoms with Gasteiger partial charge in [-0.15, -0.1) is 0 Å². The van der Waals surface area contributed by atoms with Gasteiger partial charge in [-0.05, 0) is 24.3 Å². The predicted molar refractivity (Wildman–Crippen MR) is 131 cm³/mol. The molecule has 0 aromatic heterocycles. The standard InChI is InChI=1S/C19H23FN6O6S3/c1-33(27,28)25(34(2,29)30)14-19(24-16-11-7-4-8-12-16)17(20)13-22-18(26(19)35(21,31)32)23-15-9-5-3-6-10-15/h3-13,24H,14H2,1-2H3,(H,22,23)(H2,21,31,32). The fraction of sp³-hybridized carbons (Fsp3) is 0.211. The molecule has 1 heterocycles. The van der Waals surface area contributed by atoms with Crippen molar-refractivity contribution in [3.8, 4) is 0 Å². The van der Waals surface area contributed by atoms with E-state index in [2.05, 4.69) is 15.6 Å². The van der Waals surface area contributed by atoms with E-state index in [1.54, 1.807) is 48.5 Å². The van der Waals surface area contributed by atoms with Crippen LogP contribution in [0.2, 0.25) is 0 Å². The van der Waals surface area contributed by atoms with Crippen molar-refractivity contribution in [3.63, 3.8) is 0 Å². The Morgan fingerprint density at radius 3 is 1.86 bits per heavy atom. The number of para-hydroxylation sites is 2. The zero-order valence-corrected chi connectivity index (χ0v) is 21.0. The Kier molecular flexibility index (Phi) is 7.24. The number of anilines is 2. The van der Waals surface area contributed by atoms with Crippen LogP contribution in [0.4, 0.5) is 15.8 Å². The Bertz CT molecular complexity index is 1430. The van der Waals surface area contributed by atoms with Gasteiger partial charge in [-0.1, -0.05) is 40.1 Å². The SMILES string of the molecule is CS(=O)(=O)N(CC1(Nc2ccccc2)C(F)=CN=C(Nc2ccccc2)N1S(N)(=O)=O)S(C)(=O)=O. The van der Waals surface area contributed by atoms with Crippen molar-refractivity contribution in [2.24, 2.45) is 10.1 Å². The van der Waals surface area contributed by atoms with Crippen molar-refractivity contribution in [1.29, 1.82) is 0 Å². The van der Waals surface area contributed by atoms with Gasteiger partial charge in [-0.2, -0.15) is 12.7 Å². The number of sulfonamides is 2. The van der Waals surface area contributed by atoms with Gasteiger partial charge in [0.15, 0.2) is 11.5 Å². The molecule has 1 unspecified atom stereocenters. The number of aliphatic imine (C=N–C) groups is 1. The predicted octanol–water partition coefficient (Wildman–Crippen LogP) is 0.814. The number of guanidine groups is 1. The first-order valence-corrected chi connectivity index (χ1v) is 14.9. The molecule has 1 atom stereocenters. The highest BCUT2D eigenvalue weighted by atomic mass is 32.3. The Hall–Kier alpha value is -3.05. The van der Waals surface area contributed by atoms with E-state index in [1.165, 1.54) is 12.1 Å². The smallest absolute Gasteiger partial charge is 0.303 e. The monoisotopic (exact) mass is 546 g/mol. The molecule has 3 rings (SSSR count). The van der Waals surface area contributed by atoms with Gasteiger partial charge in [-0.3, -0.25) is 0 Å². The van der Waals surface area contributed by atoms with Crippen LogP contribution in [0, 0.1) is 0 Å². The molecule has 0 saturated heterocycles. The molecule has 0 radical (unpaired) electrons. The molecule has 1 aliphatic heterocycles. The molecule has 2 aromatic rings. The lowest BCUT2D eigenvalue weighted by molar-refractivity contribution is 0.263. The summed E-state index contributed by atoms with van der Waals surface area (Å²) in [5.74, 6) is -1.82. The minimum atomic E-state index is -4.91. The summed E-state index contributed by atoms with van der Waals surface area (Å²) in [5, 5.41) is 10.8. The van der Waals surface area contributed by atoms with E-state index in [9.17, 15) is 25.3 Å². The normalized spacial score (nSPS) is 19.2. The lowest BCUT2D eigenvalue weighted by Gasteiger charge is -2.45. The number of hydrogen-bond acceptors (Lipinski definition) is 9. The van der Waals surface area contributed by atoms with E-state index in [0.717, 1.165) is 0 Å². The first kappa shape index (κ1) is 26.6. The van der Waals surface area contributed by atoms with Gasteiger partial charge >= 0.3 is 10.2 Å². The molecular weight excluding hydrogens is 523 g/mol. The van der Waals surface area contributed by atoms with Crippen molar-refractivity contribution in [3.05, 3.63) is 72.7 Å². The molecular formula is C19H23FN6O6S3. The second-order valence-corrected chi connectivity index (χ2v) is 13.0. The van der Waals surface area contributed by atoms with Crippen molar-refractivity contribution >= 4 is 47.6 Å². The fourth-order valence-electron chi connectivity index (χ4n) is 3.34. The van der Waals surface area contributed by atoms with E-state index >= 15 is 4.39 Å². The number of hydrogen-bond donors (Lipinski definition) is 3. The number of nitrogens with zero attached hydrogens (tertiary/aromatic N) is 3. The highest BCUT2D eigenvalue weighted by Gasteiger charge is 2.54. The Morgan fingerprint density at radius 1 is 0.914 bits per heavy atom. The topological polar surface area (TPSA) is 171 Å². The molecule has 0 fully saturated rings. The number of nitrogens with two attached hydrogens (primary N) is 1. The molecule has 4 N–H and O–H groups in total. The van der Waals surface area contributed by atoms with Crippen molar-refractivity contribution in [2.45, 2.75) is 5.66 Å². The van der Waals surface area contributed by atoms with Gasteiger partial charge in [0.1, 0.15) is 0 Å². The fourth-order valence-corrected chi connectivity index (χ4v) is 7.11. The molecule has 0 saturated carbocycles. The van der Waals surface area contributed by atoms with Crippen molar-refractivity contribution in [1.82, 2.24) is 8.02 Å². The molecule has 35 heavy (non-hydrogen) atoms. The molecule has 0 amide bonds. The van der Waals surface area contributed by atoms with Crippen molar-refractivity contribution < 1.29 is 29.6 Å². The number of benzene rings is 2. The molecule has 0 spiro atoms. The van der Waals surface area contributed by atoms with Crippen LogP contribution in [-0.2, 0) is 30.3 Å². The van der Waals surface area contributed by atoms with Gasteiger partial charge in [0.25, 0.3) is 0 Å². The number of nitrogens with one attached hydrogen (secondary N) is 2. The largest absolute Gasteiger partial charge is 0.355 e. The average Bonchev–Trinajstić information content (AvgIpc) is 2.73. The molecule has 12 nitrogen and oxygen atoms in total. The van der Waals surface area contributed by atoms with Crippen LogP contribution >= 0.6 is 0 Å². The summed E-state index contributed by atoms with van der Waals surface area (Å²) >= 11 is 0. The van der Waals surface area contributed by atoms with Gasteiger partial charge in [-0.25, -0.2) is 31.4 Å². The third kappa shape index (κ3) is 5.96. The Labute approximate surface area is 203 Å². The summed E-state index contributed by atoms with van der Waals surface area (Å²) in [6, 6.07) is 15.7. The van der Waals surface area contributed by atoms with E-state index in [-0.39, 0.29) is 13.7 Å². The average molecular weight is 547 g/mol. The molecule has 16 heteroatoms. The molecule has 2 aromatic carbocycles. The highest BCUT2D eigenvalue weighted by molar-refractivity contribution is 8.03. The third-order valence-corrected chi connectivity index (χ3v) is 9.10. The maximum atomic E-state index is 15.7. The van der Waals surface area contributed by atoms with E-state index in [4.69, 9.17) is 5.14 Å². The van der Waals surface area contributed by atoms with Gasteiger partial charge in [0.05, 0.1) is 25.3 Å². The first-order valence-electron chi connectivity index (χ1n) is 9.75. The van der Waals surface area contributed by atoms with Crippen LogP contribution < -0.4 is 15.8 Å². The quantitative estimate of drug-likeness (QED) is 0.437. The Morgan fingerprint density at radius 2 is 1.40 bits per heavy atom. The van der Waals surface area contributed by atoms with Crippen LogP contribution in [-0.4, -0.2) is 63.9 Å². The zero-order chi connectivity index (χ0) is 26.1. The second-order valence-electron chi connectivity index (χ2n) is 7.54. The summed E-state index contributed by atoms with van der Waals surface area (Å²) in [6.07, 6.45) is 1.83. The maximum absolute atomic E-state index is 15.7. The van der Waals surface area contributed by atoms with Gasteiger partial charge in [0, 0.05) is 11.4 Å². The summed E-state index contributed by atoms with van der Waals surface area (Å²) in [7, 11) is -14.0. The minimum absolute atomic E-state index is 0.0208. The summed E-state index contributed by atoms with van der Waals surface area (Å²) < 4.78 is 91.3. The van der Waals surface area contributed by atoms with Crippen molar-refractivity contribution in [2.75, 3.05) is 29.7 Å².